The number of anilines is 3. The summed E-state index contributed by atoms with van der Waals surface area (Å²) >= 11 is 0. The Hall–Kier alpha value is -4.24. The second kappa shape index (κ2) is 12.3. The number of hydrazone groups is 1. The molecule has 15 heteroatoms. The van der Waals surface area contributed by atoms with E-state index in [1.807, 2.05) is 0 Å². The highest BCUT2D eigenvalue weighted by Crippen LogP contribution is 2.44. The van der Waals surface area contributed by atoms with Crippen molar-refractivity contribution in [3.05, 3.63) is 87.5 Å². The van der Waals surface area contributed by atoms with Crippen LogP contribution in [0.25, 0.3) is 0 Å². The summed E-state index contributed by atoms with van der Waals surface area (Å²) < 4.78 is 124. The fourth-order valence-corrected chi connectivity index (χ4v) is 5.97. The lowest BCUT2D eigenvalue weighted by atomic mass is 9.95. The van der Waals surface area contributed by atoms with Crippen molar-refractivity contribution in [1.29, 1.82) is 0 Å². The molecule has 3 aliphatic rings. The molecule has 1 unspecified atom stereocenters. The molecule has 0 bridgehead atoms. The lowest BCUT2D eigenvalue weighted by Crippen LogP contribution is -2.44. The number of carbonyl (C=O) groups is 1. The smallest absolute Gasteiger partial charge is 0.186 e. The zero-order valence-electron chi connectivity index (χ0n) is 23.5. The fraction of sp³-hybridized carbons (Fsp3) is 0.333. The van der Waals surface area contributed by atoms with Gasteiger partial charge in [0.25, 0.3) is 0 Å². The van der Waals surface area contributed by atoms with Crippen LogP contribution in [0.5, 0.6) is 0 Å². The van der Waals surface area contributed by atoms with Crippen molar-refractivity contribution < 1.29 is 39.9 Å². The van der Waals surface area contributed by atoms with Crippen LogP contribution in [-0.4, -0.2) is 64.4 Å². The summed E-state index contributed by atoms with van der Waals surface area (Å²) in [6.07, 6.45) is -0.288. The van der Waals surface area contributed by atoms with Crippen LogP contribution in [0.4, 0.5) is 52.2 Å². The number of benzene rings is 3. The molecule has 0 aromatic heterocycles. The second-order valence-corrected chi connectivity index (χ2v) is 10.8. The predicted molar refractivity (Wildman–Crippen MR) is 151 cm³/mol. The Labute approximate surface area is 252 Å². The van der Waals surface area contributed by atoms with Gasteiger partial charge in [-0.3, -0.25) is 9.80 Å². The molecule has 0 amide bonds. The zero-order valence-corrected chi connectivity index (χ0v) is 23.5. The monoisotopic (exact) mass is 638 g/mol. The maximum absolute atomic E-state index is 15.8. The van der Waals surface area contributed by atoms with Gasteiger partial charge in [0.05, 0.1) is 28.6 Å². The lowest BCUT2D eigenvalue weighted by molar-refractivity contribution is 0.112. The molecule has 45 heavy (non-hydrogen) atoms. The van der Waals surface area contributed by atoms with Crippen LogP contribution >= 0.6 is 0 Å². The molecular weight excluding hydrogens is 612 g/mol. The van der Waals surface area contributed by atoms with E-state index in [-0.39, 0.29) is 37.4 Å². The van der Waals surface area contributed by atoms with E-state index in [4.69, 9.17) is 0 Å². The van der Waals surface area contributed by atoms with E-state index in [1.165, 1.54) is 24.3 Å². The summed E-state index contributed by atoms with van der Waals surface area (Å²) in [7, 11) is 0. The van der Waals surface area contributed by atoms with Crippen molar-refractivity contribution in [3.63, 3.8) is 0 Å². The van der Waals surface area contributed by atoms with Crippen molar-refractivity contribution in [1.82, 2.24) is 10.6 Å². The first-order valence-electron chi connectivity index (χ1n) is 14.2. The maximum atomic E-state index is 15.8. The molecule has 2 saturated heterocycles. The van der Waals surface area contributed by atoms with Crippen molar-refractivity contribution in [2.45, 2.75) is 12.5 Å². The van der Waals surface area contributed by atoms with Crippen LogP contribution in [0.1, 0.15) is 33.9 Å². The van der Waals surface area contributed by atoms with E-state index < -0.39 is 87.2 Å². The molecule has 3 aromatic carbocycles. The Kier molecular flexibility index (Phi) is 8.39. The highest BCUT2D eigenvalue weighted by Gasteiger charge is 2.41. The molecule has 1 atom stereocenters. The van der Waals surface area contributed by atoms with E-state index in [0.717, 1.165) is 14.8 Å². The minimum atomic E-state index is -1.79. The molecule has 2 N–H and O–H groups in total. The van der Waals surface area contributed by atoms with Gasteiger partial charge in [-0.25, -0.2) is 35.1 Å². The summed E-state index contributed by atoms with van der Waals surface area (Å²) in [4.78, 5) is 13.5. The number of hydrogen-bond donors (Lipinski definition) is 2. The van der Waals surface area contributed by atoms with Crippen LogP contribution in [-0.2, 0) is 0 Å². The first-order chi connectivity index (χ1) is 21.6. The van der Waals surface area contributed by atoms with Crippen LogP contribution < -0.4 is 25.4 Å². The van der Waals surface area contributed by atoms with Gasteiger partial charge in [-0.15, -0.1) is 0 Å². The number of hydrogen-bond acceptors (Lipinski definition) is 7. The van der Waals surface area contributed by atoms with Gasteiger partial charge < -0.3 is 20.4 Å². The van der Waals surface area contributed by atoms with Crippen LogP contribution in [0, 0.1) is 46.5 Å². The van der Waals surface area contributed by atoms with Crippen LogP contribution in [0.15, 0.2) is 29.4 Å². The summed E-state index contributed by atoms with van der Waals surface area (Å²) in [6.45, 7) is 1.52. The summed E-state index contributed by atoms with van der Waals surface area (Å²) in [6, 6.07) is 3.42. The number of carbonyl (C=O) groups excluding carboxylic acids is 1. The van der Waals surface area contributed by atoms with Gasteiger partial charge in [0.1, 0.15) is 17.7 Å². The molecule has 0 radical (unpaired) electrons. The Morgan fingerprint density at radius 1 is 0.644 bits per heavy atom. The Morgan fingerprint density at radius 3 is 1.53 bits per heavy atom. The van der Waals surface area contributed by atoms with E-state index >= 15 is 35.1 Å². The molecule has 0 spiro atoms. The molecular formula is C30H26F8N6O. The third-order valence-electron chi connectivity index (χ3n) is 8.21. The minimum absolute atomic E-state index is 0.00518. The molecule has 2 fully saturated rings. The standard InChI is InChI=1S/C30H26F8N6O/c31-21-19(22(32)26(36)29(25(21)35)42-9-5-39-6-10-42)17-13-18(44(41-17)16-3-1-15(14-45)2-4-16)20-23(33)27(37)30(28(38)24(20)34)43-11-7-40-8-12-43/h1-4,14,18,39-40H,5-13H2. The first kappa shape index (κ1) is 30.8. The van der Waals surface area contributed by atoms with Gasteiger partial charge in [-0.2, -0.15) is 5.10 Å². The normalized spacial score (nSPS) is 18.9. The van der Waals surface area contributed by atoms with Gasteiger partial charge in [0.2, 0.25) is 0 Å². The SMILES string of the molecule is O=Cc1ccc(N2N=C(c3c(F)c(F)c(N4CCNCC4)c(F)c3F)CC2c2c(F)c(F)c(N3CCNCC3)c(F)c2F)cc1. The summed E-state index contributed by atoms with van der Waals surface area (Å²) in [5.41, 5.74) is -4.63. The number of nitrogens with one attached hydrogen (secondary N) is 2. The van der Waals surface area contributed by atoms with Crippen molar-refractivity contribution in [2.75, 3.05) is 67.2 Å². The molecule has 3 heterocycles. The Bertz CT molecular complexity index is 1610. The number of halogens is 8. The highest BCUT2D eigenvalue weighted by molar-refractivity contribution is 6.04. The van der Waals surface area contributed by atoms with E-state index in [2.05, 4.69) is 15.7 Å². The van der Waals surface area contributed by atoms with Crippen molar-refractivity contribution in [3.8, 4) is 0 Å². The molecule has 6 rings (SSSR count). The van der Waals surface area contributed by atoms with Gasteiger partial charge in [0.15, 0.2) is 46.5 Å². The first-order valence-corrected chi connectivity index (χ1v) is 14.2. The van der Waals surface area contributed by atoms with Crippen molar-refractivity contribution >= 4 is 29.1 Å². The Balaban J connectivity index is 1.48. The molecule has 0 saturated carbocycles. The lowest BCUT2D eigenvalue weighted by Gasteiger charge is -2.31. The van der Waals surface area contributed by atoms with Gasteiger partial charge in [-0.1, -0.05) is 0 Å². The topological polar surface area (TPSA) is 63.2 Å². The third kappa shape index (κ3) is 5.27. The van der Waals surface area contributed by atoms with Crippen molar-refractivity contribution in [2.24, 2.45) is 5.10 Å². The highest BCUT2D eigenvalue weighted by atomic mass is 19.2. The second-order valence-electron chi connectivity index (χ2n) is 10.8. The average molecular weight is 639 g/mol. The quantitative estimate of drug-likeness (QED) is 0.230. The predicted octanol–water partition coefficient (Wildman–Crippen LogP) is 4.79. The molecule has 238 valence electrons. The third-order valence-corrected chi connectivity index (χ3v) is 8.21. The van der Waals surface area contributed by atoms with Gasteiger partial charge in [0, 0.05) is 64.3 Å². The Morgan fingerprint density at radius 2 is 1.09 bits per heavy atom. The summed E-state index contributed by atoms with van der Waals surface area (Å²) in [5, 5.41) is 10.8. The summed E-state index contributed by atoms with van der Waals surface area (Å²) in [5.74, 6) is -13.8. The van der Waals surface area contributed by atoms with E-state index in [0.29, 0.717) is 32.5 Å². The molecule has 3 aliphatic heterocycles. The number of rotatable bonds is 6. The van der Waals surface area contributed by atoms with Gasteiger partial charge in [-0.05, 0) is 24.3 Å². The minimum Gasteiger partial charge on any atom is -0.364 e. The number of aldehydes is 1. The largest absolute Gasteiger partial charge is 0.364 e. The van der Waals surface area contributed by atoms with Gasteiger partial charge >= 0.3 is 0 Å². The van der Waals surface area contributed by atoms with Crippen LogP contribution in [0.2, 0.25) is 0 Å². The number of piperazine rings is 2. The maximum Gasteiger partial charge on any atom is 0.186 e. The fourth-order valence-electron chi connectivity index (χ4n) is 5.97. The molecule has 3 aromatic rings. The van der Waals surface area contributed by atoms with E-state index in [1.54, 1.807) is 0 Å². The molecule has 0 aliphatic carbocycles. The zero-order chi connectivity index (χ0) is 32.0. The van der Waals surface area contributed by atoms with Crippen LogP contribution in [0.3, 0.4) is 0 Å². The average Bonchev–Trinajstić information content (AvgIpc) is 3.48. The molecule has 7 nitrogen and oxygen atoms in total. The number of nitrogens with zero attached hydrogens (tertiary/aromatic N) is 4. The van der Waals surface area contributed by atoms with E-state index in [9.17, 15) is 4.79 Å².